The average molecular weight is 525 g/mol. The summed E-state index contributed by atoms with van der Waals surface area (Å²) in [6.45, 7) is 0. The van der Waals surface area contributed by atoms with Crippen LogP contribution in [0.1, 0.15) is 61.6 Å². The highest BCUT2D eigenvalue weighted by Crippen LogP contribution is 2.53. The van der Waals surface area contributed by atoms with Crippen molar-refractivity contribution in [3.05, 3.63) is 45.7 Å². The second-order valence-electron chi connectivity index (χ2n) is 11.6. The molecule has 0 bridgehead atoms. The van der Waals surface area contributed by atoms with E-state index in [4.69, 9.17) is 5.73 Å². The van der Waals surface area contributed by atoms with Crippen molar-refractivity contribution in [3.63, 3.8) is 0 Å². The number of nitrogens with two attached hydrogens (primary N) is 1. The zero-order valence-corrected chi connectivity index (χ0v) is 21.9. The quantitative estimate of drug-likeness (QED) is 0.367. The number of ketones is 2. The summed E-state index contributed by atoms with van der Waals surface area (Å²) in [5.74, 6) is -5.62. The summed E-state index contributed by atoms with van der Waals surface area (Å²) in [6.07, 6.45) is 8.40. The fourth-order valence-electron chi connectivity index (χ4n) is 7.38. The van der Waals surface area contributed by atoms with Gasteiger partial charge in [0.15, 0.2) is 11.4 Å². The van der Waals surface area contributed by atoms with E-state index in [1.807, 2.05) is 6.07 Å². The molecule has 0 spiro atoms. The van der Waals surface area contributed by atoms with Crippen molar-refractivity contribution in [2.24, 2.45) is 23.5 Å². The molecule has 4 aliphatic rings. The number of likely N-dealkylation sites (N-methyl/N-ethyl adjacent to an activating group) is 1. The van der Waals surface area contributed by atoms with Gasteiger partial charge < -0.3 is 26.2 Å². The highest BCUT2D eigenvalue weighted by Gasteiger charge is 2.64. The number of carbonyl (C=O) groups excluding carboxylic acids is 3. The predicted molar refractivity (Wildman–Crippen MR) is 139 cm³/mol. The lowest BCUT2D eigenvalue weighted by Gasteiger charge is -2.50. The molecule has 0 heterocycles. The Bertz CT molecular complexity index is 1270. The second-order valence-corrected chi connectivity index (χ2v) is 11.6. The van der Waals surface area contributed by atoms with Crippen LogP contribution in [0.4, 0.5) is 0 Å². The Labute approximate surface area is 221 Å². The normalized spacial score (nSPS) is 29.8. The van der Waals surface area contributed by atoms with Crippen LogP contribution in [0.25, 0.3) is 5.76 Å². The maximum absolute atomic E-state index is 13.9. The standard InChI is InChI=1S/C29H36N2O7/c1-31(2)23-18-13-16-12-17-15(9-8-14-6-4-3-5-7-14)10-11-19(32)21(17)24(33)20(16)26(35)29(18,38)27(36)22(25(23)34)28(30)37/h10-11,14,16,18,23,32-33,36,38H,3-9,12-13H2,1-2H3,(H2,30,37). The van der Waals surface area contributed by atoms with Crippen molar-refractivity contribution >= 4 is 23.2 Å². The number of aromatic hydroxyl groups is 1. The number of rotatable bonds is 5. The Hall–Kier alpha value is -3.17. The first-order valence-electron chi connectivity index (χ1n) is 13.5. The van der Waals surface area contributed by atoms with Crippen molar-refractivity contribution in [2.75, 3.05) is 14.1 Å². The fraction of sp³-hybridized carbons (Fsp3) is 0.552. The molecule has 9 nitrogen and oxygen atoms in total. The van der Waals surface area contributed by atoms with Gasteiger partial charge in [-0.1, -0.05) is 38.2 Å². The van der Waals surface area contributed by atoms with Gasteiger partial charge in [-0.3, -0.25) is 19.3 Å². The summed E-state index contributed by atoms with van der Waals surface area (Å²) in [7, 11) is 3.18. The molecule has 38 heavy (non-hydrogen) atoms. The molecule has 1 aromatic rings. The zero-order chi connectivity index (χ0) is 27.5. The Balaban J connectivity index is 1.60. The number of carbonyl (C=O) groups is 3. The van der Waals surface area contributed by atoms with Crippen LogP contribution in [0.5, 0.6) is 5.75 Å². The number of hydrogen-bond acceptors (Lipinski definition) is 8. The highest BCUT2D eigenvalue weighted by atomic mass is 16.3. The van der Waals surface area contributed by atoms with Gasteiger partial charge in [0.05, 0.1) is 11.6 Å². The first-order valence-corrected chi connectivity index (χ1v) is 13.5. The van der Waals surface area contributed by atoms with Gasteiger partial charge in [0.2, 0.25) is 5.78 Å². The number of primary amides is 1. The van der Waals surface area contributed by atoms with Crippen molar-refractivity contribution in [1.29, 1.82) is 0 Å². The summed E-state index contributed by atoms with van der Waals surface area (Å²) in [6, 6.07) is 2.31. The van der Waals surface area contributed by atoms with Gasteiger partial charge in [0, 0.05) is 11.5 Å². The number of aliphatic hydroxyl groups is 3. The van der Waals surface area contributed by atoms with E-state index in [2.05, 4.69) is 0 Å². The number of aryl methyl sites for hydroxylation is 1. The number of hydrogen-bond donors (Lipinski definition) is 5. The maximum atomic E-state index is 13.9. The Morgan fingerprint density at radius 1 is 1.11 bits per heavy atom. The second kappa shape index (κ2) is 9.54. The third kappa shape index (κ3) is 3.86. The number of aliphatic hydroxyl groups excluding tert-OH is 2. The van der Waals surface area contributed by atoms with E-state index in [-0.39, 0.29) is 23.3 Å². The summed E-state index contributed by atoms with van der Waals surface area (Å²) < 4.78 is 0. The van der Waals surface area contributed by atoms with Gasteiger partial charge >= 0.3 is 0 Å². The molecule has 2 saturated carbocycles. The van der Waals surface area contributed by atoms with Gasteiger partial charge in [-0.05, 0) is 68.8 Å². The van der Waals surface area contributed by atoms with Crippen LogP contribution in [0, 0.1) is 17.8 Å². The van der Waals surface area contributed by atoms with Gasteiger partial charge in [-0.25, -0.2) is 0 Å². The lowest BCUT2D eigenvalue weighted by molar-refractivity contribution is -0.153. The number of fused-ring (bicyclic) bond motifs is 3. The minimum atomic E-state index is -2.61. The van der Waals surface area contributed by atoms with E-state index in [1.165, 1.54) is 43.1 Å². The van der Waals surface area contributed by atoms with Crippen molar-refractivity contribution in [3.8, 4) is 5.75 Å². The molecule has 5 rings (SSSR count). The molecule has 0 aromatic heterocycles. The first kappa shape index (κ1) is 26.4. The average Bonchev–Trinajstić information content (AvgIpc) is 2.86. The van der Waals surface area contributed by atoms with E-state index in [9.17, 15) is 34.8 Å². The van der Waals surface area contributed by atoms with Crippen molar-refractivity contribution in [2.45, 2.75) is 69.4 Å². The number of amides is 1. The Morgan fingerprint density at radius 2 is 1.79 bits per heavy atom. The molecule has 0 radical (unpaired) electrons. The molecule has 0 aliphatic heterocycles. The van der Waals surface area contributed by atoms with Crippen LogP contribution in [-0.2, 0) is 27.2 Å². The van der Waals surface area contributed by atoms with E-state index in [0.29, 0.717) is 12.3 Å². The molecule has 1 aromatic carbocycles. The molecule has 4 atom stereocenters. The van der Waals surface area contributed by atoms with Crippen molar-refractivity contribution < 1.29 is 34.8 Å². The lowest BCUT2D eigenvalue weighted by atomic mass is 9.57. The van der Waals surface area contributed by atoms with Crippen LogP contribution >= 0.6 is 0 Å². The van der Waals surface area contributed by atoms with Gasteiger partial charge in [-0.15, -0.1) is 0 Å². The summed E-state index contributed by atoms with van der Waals surface area (Å²) in [5.41, 5.74) is 3.78. The molecule has 4 unspecified atom stereocenters. The van der Waals surface area contributed by atoms with Crippen molar-refractivity contribution in [1.82, 2.24) is 4.90 Å². The number of nitrogens with zero attached hydrogens (tertiary/aromatic N) is 1. The number of benzene rings is 1. The topological polar surface area (TPSA) is 161 Å². The minimum Gasteiger partial charge on any atom is -0.508 e. The van der Waals surface area contributed by atoms with Gasteiger partial charge in [0.25, 0.3) is 5.91 Å². The molecule has 204 valence electrons. The summed E-state index contributed by atoms with van der Waals surface area (Å²) >= 11 is 0. The largest absolute Gasteiger partial charge is 0.508 e. The monoisotopic (exact) mass is 524 g/mol. The summed E-state index contributed by atoms with van der Waals surface area (Å²) in [4.78, 5) is 40.7. The smallest absolute Gasteiger partial charge is 0.255 e. The van der Waals surface area contributed by atoms with E-state index in [1.54, 1.807) is 14.1 Å². The molecule has 0 saturated heterocycles. The molecule has 4 aliphatic carbocycles. The van der Waals surface area contributed by atoms with Gasteiger partial charge in [-0.2, -0.15) is 0 Å². The Kier molecular flexibility index (Phi) is 6.64. The minimum absolute atomic E-state index is 0.101. The first-order chi connectivity index (χ1) is 18.0. The molecular weight excluding hydrogens is 488 g/mol. The summed E-state index contributed by atoms with van der Waals surface area (Å²) in [5, 5.41) is 44.7. The van der Waals surface area contributed by atoms with Crippen LogP contribution in [0.15, 0.2) is 29.0 Å². The van der Waals surface area contributed by atoms with E-state index < -0.39 is 58.0 Å². The maximum Gasteiger partial charge on any atom is 0.255 e. The predicted octanol–water partition coefficient (Wildman–Crippen LogP) is 2.48. The van der Waals surface area contributed by atoms with E-state index in [0.717, 1.165) is 24.0 Å². The van der Waals surface area contributed by atoms with Crippen LogP contribution in [0.3, 0.4) is 0 Å². The SMILES string of the molecule is CN(C)C1C(=O)C(C(N)=O)=C(O)C2(O)C(=O)C3=C(O)c4c(O)ccc(CCC5CCCCC5)c4CC3CC12. The van der Waals surface area contributed by atoms with Crippen LogP contribution in [0.2, 0.25) is 0 Å². The zero-order valence-electron chi connectivity index (χ0n) is 21.9. The molecule has 6 N–H and O–H groups in total. The third-order valence-corrected chi connectivity index (χ3v) is 9.25. The Morgan fingerprint density at radius 3 is 2.42 bits per heavy atom. The number of phenols is 1. The molecular formula is C29H36N2O7. The fourth-order valence-corrected chi connectivity index (χ4v) is 7.38. The van der Waals surface area contributed by atoms with E-state index >= 15 is 0 Å². The van der Waals surface area contributed by atoms with Crippen LogP contribution < -0.4 is 5.73 Å². The lowest BCUT2D eigenvalue weighted by Crippen LogP contribution is -2.65. The highest BCUT2D eigenvalue weighted by molar-refractivity contribution is 6.24. The number of Topliss-reactive ketones (excluding diaryl/α,β-unsaturated/α-hetero) is 2. The van der Waals surface area contributed by atoms with Crippen LogP contribution in [-0.4, -0.2) is 68.5 Å². The van der Waals surface area contributed by atoms with Gasteiger partial charge in [0.1, 0.15) is 22.8 Å². The third-order valence-electron chi connectivity index (χ3n) is 9.25. The number of phenolic OH excluding ortho intramolecular Hbond substituents is 1. The molecule has 2 fully saturated rings. The molecule has 9 heteroatoms. The molecule has 1 amide bonds.